The van der Waals surface area contributed by atoms with Gasteiger partial charge in [0.2, 0.25) is 0 Å². The lowest BCUT2D eigenvalue weighted by atomic mass is 9.90. The summed E-state index contributed by atoms with van der Waals surface area (Å²) in [5, 5.41) is 3.31. The van der Waals surface area contributed by atoms with Crippen molar-refractivity contribution in [1.82, 2.24) is 5.32 Å². The van der Waals surface area contributed by atoms with Gasteiger partial charge >= 0.3 is 5.97 Å². The third kappa shape index (κ3) is 2.46. The molecule has 0 fully saturated rings. The topological polar surface area (TPSA) is 38.3 Å². The summed E-state index contributed by atoms with van der Waals surface area (Å²) >= 11 is 0. The predicted octanol–water partition coefficient (Wildman–Crippen LogP) is 2.47. The number of ether oxygens (including phenoxy) is 1. The van der Waals surface area contributed by atoms with E-state index in [9.17, 15) is 4.79 Å². The number of aryl methyl sites for hydroxylation is 2. The maximum Gasteiger partial charge on any atom is 0.337 e. The number of carbonyl (C=O) groups is 1. The zero-order valence-electron chi connectivity index (χ0n) is 11.2. The zero-order chi connectivity index (χ0) is 13.1. The number of carbonyl (C=O) groups excluding carboxylic acids is 1. The van der Waals surface area contributed by atoms with Gasteiger partial charge in [0.05, 0.1) is 12.7 Å². The molecule has 0 aliphatic carbocycles. The van der Waals surface area contributed by atoms with Gasteiger partial charge in [-0.2, -0.15) is 0 Å². The molecule has 0 amide bonds. The largest absolute Gasteiger partial charge is 0.465 e. The minimum Gasteiger partial charge on any atom is -0.465 e. The molecular formula is C15H19NO2. The van der Waals surface area contributed by atoms with Gasteiger partial charge in [0.1, 0.15) is 0 Å². The molecule has 1 aliphatic heterocycles. The Balaban J connectivity index is 2.44. The van der Waals surface area contributed by atoms with Crippen molar-refractivity contribution < 1.29 is 9.53 Å². The Morgan fingerprint density at radius 2 is 1.94 bits per heavy atom. The minimum atomic E-state index is -0.271. The van der Waals surface area contributed by atoms with E-state index in [1.807, 2.05) is 12.1 Å². The average molecular weight is 245 g/mol. The van der Waals surface area contributed by atoms with Gasteiger partial charge in [-0.15, -0.1) is 0 Å². The monoisotopic (exact) mass is 245 g/mol. The Kier molecular flexibility index (Phi) is 3.82. The molecule has 0 radical (unpaired) electrons. The third-order valence-corrected chi connectivity index (χ3v) is 3.34. The molecule has 1 aromatic rings. The van der Waals surface area contributed by atoms with E-state index in [2.05, 4.69) is 25.2 Å². The Bertz CT molecular complexity index is 480. The molecule has 0 saturated heterocycles. The van der Waals surface area contributed by atoms with Crippen LogP contribution in [0.4, 0.5) is 0 Å². The van der Waals surface area contributed by atoms with Crippen molar-refractivity contribution >= 4 is 11.5 Å². The summed E-state index contributed by atoms with van der Waals surface area (Å²) in [6.07, 6.45) is 3.27. The number of benzene rings is 1. The summed E-state index contributed by atoms with van der Waals surface area (Å²) in [7, 11) is 1.41. The van der Waals surface area contributed by atoms with Gasteiger partial charge in [0.15, 0.2) is 0 Å². The van der Waals surface area contributed by atoms with Crippen molar-refractivity contribution in [3.05, 3.63) is 40.5 Å². The van der Waals surface area contributed by atoms with E-state index in [-0.39, 0.29) is 5.97 Å². The van der Waals surface area contributed by atoms with E-state index in [1.54, 1.807) is 0 Å². The van der Waals surface area contributed by atoms with Crippen molar-refractivity contribution in [2.45, 2.75) is 20.3 Å². The first-order valence-electron chi connectivity index (χ1n) is 6.23. The highest BCUT2D eigenvalue weighted by molar-refractivity contribution is 5.91. The van der Waals surface area contributed by atoms with Gasteiger partial charge in [0.25, 0.3) is 0 Å². The molecule has 1 heterocycles. The number of nitrogens with one attached hydrogen (secondary N) is 1. The number of methoxy groups -OCH3 is 1. The van der Waals surface area contributed by atoms with E-state index < -0.39 is 0 Å². The Hall–Kier alpha value is -1.61. The fraction of sp³-hybridized carbons (Fsp3) is 0.400. The zero-order valence-corrected chi connectivity index (χ0v) is 11.2. The smallest absolute Gasteiger partial charge is 0.337 e. The van der Waals surface area contributed by atoms with Crippen molar-refractivity contribution in [3.63, 3.8) is 0 Å². The van der Waals surface area contributed by atoms with Crippen LogP contribution < -0.4 is 5.32 Å². The molecule has 3 nitrogen and oxygen atoms in total. The fourth-order valence-corrected chi connectivity index (χ4v) is 2.56. The second-order valence-corrected chi connectivity index (χ2v) is 4.66. The van der Waals surface area contributed by atoms with Gasteiger partial charge < -0.3 is 10.1 Å². The van der Waals surface area contributed by atoms with Gasteiger partial charge in [-0.1, -0.05) is 6.08 Å². The molecular weight excluding hydrogens is 226 g/mol. The van der Waals surface area contributed by atoms with Gasteiger partial charge in [0, 0.05) is 6.54 Å². The summed E-state index contributed by atoms with van der Waals surface area (Å²) in [4.78, 5) is 11.6. The van der Waals surface area contributed by atoms with Crippen LogP contribution in [-0.4, -0.2) is 26.2 Å². The van der Waals surface area contributed by atoms with Gasteiger partial charge in [-0.05, 0) is 61.2 Å². The van der Waals surface area contributed by atoms with Crippen LogP contribution in [0, 0.1) is 13.8 Å². The normalized spacial score (nSPS) is 15.2. The van der Waals surface area contributed by atoms with Crippen LogP contribution in [0.25, 0.3) is 5.57 Å². The quantitative estimate of drug-likeness (QED) is 0.813. The molecule has 0 aromatic heterocycles. The van der Waals surface area contributed by atoms with E-state index in [0.717, 1.165) is 30.6 Å². The molecule has 0 unspecified atom stereocenters. The van der Waals surface area contributed by atoms with E-state index in [0.29, 0.717) is 5.56 Å². The molecule has 1 aliphatic rings. The summed E-state index contributed by atoms with van der Waals surface area (Å²) in [6, 6.07) is 3.83. The molecule has 0 atom stereocenters. The molecule has 1 N–H and O–H groups in total. The highest BCUT2D eigenvalue weighted by Gasteiger charge is 2.14. The number of rotatable bonds is 2. The molecule has 3 heteroatoms. The lowest BCUT2D eigenvalue weighted by Gasteiger charge is -2.19. The van der Waals surface area contributed by atoms with Crippen LogP contribution >= 0.6 is 0 Å². The number of esters is 1. The number of hydrogen-bond acceptors (Lipinski definition) is 3. The molecule has 0 spiro atoms. The lowest BCUT2D eigenvalue weighted by Crippen LogP contribution is -2.20. The minimum absolute atomic E-state index is 0.271. The molecule has 2 rings (SSSR count). The van der Waals surface area contributed by atoms with Gasteiger partial charge in [-0.25, -0.2) is 4.79 Å². The Labute approximate surface area is 108 Å². The molecule has 1 aromatic carbocycles. The molecule has 96 valence electrons. The summed E-state index contributed by atoms with van der Waals surface area (Å²) < 4.78 is 4.77. The first-order chi connectivity index (χ1) is 8.63. The second kappa shape index (κ2) is 5.36. The van der Waals surface area contributed by atoms with E-state index in [1.165, 1.54) is 18.2 Å². The van der Waals surface area contributed by atoms with E-state index in [4.69, 9.17) is 4.74 Å². The summed E-state index contributed by atoms with van der Waals surface area (Å²) in [5.41, 5.74) is 5.57. The van der Waals surface area contributed by atoms with Crippen LogP contribution in [0.15, 0.2) is 18.2 Å². The predicted molar refractivity (Wildman–Crippen MR) is 72.7 cm³/mol. The Morgan fingerprint density at radius 3 is 2.44 bits per heavy atom. The molecule has 0 saturated carbocycles. The van der Waals surface area contributed by atoms with Crippen molar-refractivity contribution in [1.29, 1.82) is 0 Å². The molecule has 18 heavy (non-hydrogen) atoms. The highest BCUT2D eigenvalue weighted by atomic mass is 16.5. The second-order valence-electron chi connectivity index (χ2n) is 4.66. The van der Waals surface area contributed by atoms with Gasteiger partial charge in [-0.3, -0.25) is 0 Å². The third-order valence-electron chi connectivity index (χ3n) is 3.34. The van der Waals surface area contributed by atoms with Crippen molar-refractivity contribution in [2.24, 2.45) is 0 Å². The van der Waals surface area contributed by atoms with Crippen LogP contribution in [0.1, 0.15) is 33.5 Å². The van der Waals surface area contributed by atoms with Crippen molar-refractivity contribution in [2.75, 3.05) is 20.2 Å². The fourth-order valence-electron chi connectivity index (χ4n) is 2.56. The SMILES string of the molecule is COC(=O)c1cc(C)c(C2=CCNCC2)c(C)c1. The standard InChI is InChI=1S/C15H19NO2/c1-10-8-13(15(17)18-3)9-11(2)14(10)12-4-6-16-7-5-12/h4,8-9,16H,5-7H2,1-3H3. The molecule has 0 bridgehead atoms. The van der Waals surface area contributed by atoms with Crippen LogP contribution in [0.3, 0.4) is 0 Å². The van der Waals surface area contributed by atoms with Crippen LogP contribution in [0.2, 0.25) is 0 Å². The summed E-state index contributed by atoms with van der Waals surface area (Å²) in [6.45, 7) is 6.05. The average Bonchev–Trinajstić information content (AvgIpc) is 2.38. The van der Waals surface area contributed by atoms with Crippen LogP contribution in [0.5, 0.6) is 0 Å². The lowest BCUT2D eigenvalue weighted by molar-refractivity contribution is 0.0600. The van der Waals surface area contributed by atoms with E-state index >= 15 is 0 Å². The van der Waals surface area contributed by atoms with Crippen molar-refractivity contribution in [3.8, 4) is 0 Å². The first kappa shape index (κ1) is 12.8. The number of hydrogen-bond donors (Lipinski definition) is 1. The first-order valence-corrected chi connectivity index (χ1v) is 6.23. The maximum atomic E-state index is 11.6. The highest BCUT2D eigenvalue weighted by Crippen LogP contribution is 2.27. The summed E-state index contributed by atoms with van der Waals surface area (Å²) in [5.74, 6) is -0.271. The maximum absolute atomic E-state index is 11.6. The Morgan fingerprint density at radius 1 is 1.28 bits per heavy atom. The van der Waals surface area contributed by atoms with Crippen LogP contribution in [-0.2, 0) is 4.74 Å².